The Labute approximate surface area is 358 Å². The van der Waals surface area contributed by atoms with Crippen LogP contribution >= 0.6 is 0 Å². The van der Waals surface area contributed by atoms with Gasteiger partial charge in [0.25, 0.3) is 0 Å². The van der Waals surface area contributed by atoms with Gasteiger partial charge in [-0.25, -0.2) is 0 Å². The minimum Gasteiger partial charge on any atom is -0.464 e. The van der Waals surface area contributed by atoms with E-state index in [0.29, 0.717) is 0 Å². The van der Waals surface area contributed by atoms with Gasteiger partial charge in [0.2, 0.25) is 0 Å². The van der Waals surface area contributed by atoms with Gasteiger partial charge in [-0.15, -0.1) is 0 Å². The maximum atomic E-state index is 6.67. The number of hydrogen-bond donors (Lipinski definition) is 0. The van der Waals surface area contributed by atoms with Crippen LogP contribution in [0.3, 0.4) is 0 Å². The van der Waals surface area contributed by atoms with E-state index in [4.69, 9.17) is 4.42 Å². The second-order valence-electron chi connectivity index (χ2n) is 24.0. The predicted molar refractivity (Wildman–Crippen MR) is 258 cm³/mol. The van der Waals surface area contributed by atoms with Gasteiger partial charge in [0, 0.05) is 55.4 Å². The van der Waals surface area contributed by atoms with E-state index in [-0.39, 0.29) is 39.3 Å². The van der Waals surface area contributed by atoms with Crippen LogP contribution in [0.15, 0.2) is 83.5 Å². The molecule has 0 atom stereocenters. The van der Waals surface area contributed by atoms with Gasteiger partial charge in [-0.1, -0.05) is 115 Å². The summed E-state index contributed by atoms with van der Waals surface area (Å²) >= 11 is 0. The summed E-state index contributed by atoms with van der Waals surface area (Å²) in [6, 6.07) is 29.8. The summed E-state index contributed by atoms with van der Waals surface area (Å²) in [6.45, 7) is 33.8. The van der Waals surface area contributed by atoms with Crippen molar-refractivity contribution in [1.29, 1.82) is 0 Å². The lowest BCUT2D eigenvalue weighted by Gasteiger charge is -2.46. The van der Waals surface area contributed by atoms with Gasteiger partial charge in [-0.2, -0.15) is 0 Å². The Kier molecular flexibility index (Phi) is 7.40. The third kappa shape index (κ3) is 5.09. The molecule has 7 aromatic rings. The van der Waals surface area contributed by atoms with E-state index in [2.05, 4.69) is 179 Å². The summed E-state index contributed by atoms with van der Waals surface area (Å²) in [4.78, 5) is 2.67. The van der Waals surface area contributed by atoms with Gasteiger partial charge in [0.15, 0.2) is 0 Å². The first-order valence-corrected chi connectivity index (χ1v) is 22.8. The lowest BCUT2D eigenvalue weighted by Crippen LogP contribution is -2.57. The average Bonchev–Trinajstić information content (AvgIpc) is 3.78. The fourth-order valence-electron chi connectivity index (χ4n) is 12.0. The first-order chi connectivity index (χ1) is 28.0. The topological polar surface area (TPSA) is 21.3 Å². The zero-order valence-electron chi connectivity index (χ0n) is 38.7. The summed E-state index contributed by atoms with van der Waals surface area (Å²) < 4.78 is 9.43. The minimum atomic E-state index is -0.0471. The molecule has 0 spiro atoms. The molecule has 4 heteroatoms. The van der Waals surface area contributed by atoms with Crippen LogP contribution in [0.1, 0.15) is 156 Å². The summed E-state index contributed by atoms with van der Waals surface area (Å²) in [6.07, 6.45) is 6.65. The molecule has 3 nitrogen and oxygen atoms in total. The number of nitrogens with zero attached hydrogens (tertiary/aromatic N) is 2. The third-order valence-corrected chi connectivity index (χ3v) is 16.1. The van der Waals surface area contributed by atoms with E-state index in [1.165, 1.54) is 120 Å². The highest BCUT2D eigenvalue weighted by molar-refractivity contribution is 6.90. The first-order valence-electron chi connectivity index (χ1n) is 22.8. The number of hydrogen-bond acceptors (Lipinski definition) is 2. The molecule has 0 bridgehead atoms. The molecule has 306 valence electrons. The second-order valence-corrected chi connectivity index (χ2v) is 24.0. The SMILES string of the molecule is CC(C)(C)c1ccc2c(c1)c1cc(C(C)(C)C)cc3c1n2B1c2cc4c(cc2N(c2ccc5c(c2)C(C)(C)CCC5(C)C)c2cc5ccoc5c-3c21)C(C)(C)CCC4(C)C. The quantitative estimate of drug-likeness (QED) is 0.154. The number of anilines is 3. The van der Waals surface area contributed by atoms with Crippen molar-refractivity contribution in [3.63, 3.8) is 0 Å². The first kappa shape index (κ1) is 38.2. The normalized spacial score (nSPS) is 19.4. The summed E-state index contributed by atoms with van der Waals surface area (Å²) in [5.41, 5.74) is 21.8. The Balaban J connectivity index is 1.33. The summed E-state index contributed by atoms with van der Waals surface area (Å²) in [7, 11) is 0. The van der Waals surface area contributed by atoms with Crippen LogP contribution < -0.4 is 15.8 Å². The molecule has 0 N–H and O–H groups in total. The molecule has 2 aliphatic carbocycles. The number of aromatic nitrogens is 1. The standard InChI is InChI=1S/C56H63BN2O/c1-51(2,3)33-15-18-44-36(26-33)37-27-34(52(4,5)6)28-38-47-48-46(25-32-19-24-60-50(32)47)58(35-16-17-39-40(29-35)54(9,10)21-20-53(39,7)8)45-31-42-41(55(11,12)22-23-56(42,13)14)30-43(45)57(48)59(44)49(37)38/h15-19,24-31H,20-23H2,1-14H3. The van der Waals surface area contributed by atoms with Crippen LogP contribution in [0.25, 0.3) is 43.9 Å². The zero-order chi connectivity index (χ0) is 42.4. The minimum absolute atomic E-state index is 0.0256. The van der Waals surface area contributed by atoms with Crippen molar-refractivity contribution in [2.24, 2.45) is 0 Å². The number of rotatable bonds is 1. The van der Waals surface area contributed by atoms with Crippen LogP contribution in [0, 0.1) is 0 Å². The second kappa shape index (κ2) is 11.6. The smallest absolute Gasteiger partial charge is 0.333 e. The molecular weight excluding hydrogens is 727 g/mol. The summed E-state index contributed by atoms with van der Waals surface area (Å²) in [5, 5.41) is 3.85. The molecule has 11 rings (SSSR count). The maximum Gasteiger partial charge on any atom is 0.333 e. The van der Waals surface area contributed by atoms with Gasteiger partial charge in [0.1, 0.15) is 5.58 Å². The van der Waals surface area contributed by atoms with Crippen molar-refractivity contribution in [1.82, 2.24) is 4.48 Å². The van der Waals surface area contributed by atoms with Crippen LogP contribution in [-0.4, -0.2) is 11.3 Å². The highest BCUT2D eigenvalue weighted by Gasteiger charge is 2.48. The molecule has 0 radical (unpaired) electrons. The van der Waals surface area contributed by atoms with Crippen LogP contribution in [0.4, 0.5) is 17.1 Å². The van der Waals surface area contributed by atoms with Crippen molar-refractivity contribution in [2.75, 3.05) is 4.90 Å². The molecule has 0 amide bonds. The van der Waals surface area contributed by atoms with E-state index in [1.54, 1.807) is 0 Å². The molecule has 4 aliphatic rings. The lowest BCUT2D eigenvalue weighted by molar-refractivity contribution is 0.332. The number of fused-ring (bicyclic) bond motifs is 11. The van der Waals surface area contributed by atoms with Gasteiger partial charge in [0.05, 0.1) is 6.26 Å². The average molecular weight is 791 g/mol. The Hall–Kier alpha value is -4.70. The largest absolute Gasteiger partial charge is 0.464 e. The monoisotopic (exact) mass is 791 g/mol. The van der Waals surface area contributed by atoms with E-state index in [0.717, 1.165) is 11.0 Å². The molecule has 0 saturated carbocycles. The van der Waals surface area contributed by atoms with Crippen molar-refractivity contribution in [3.8, 4) is 11.1 Å². The predicted octanol–water partition coefficient (Wildman–Crippen LogP) is 14.3. The zero-order valence-corrected chi connectivity index (χ0v) is 38.7. The molecule has 0 fully saturated rings. The number of furan rings is 1. The highest BCUT2D eigenvalue weighted by Crippen LogP contribution is 2.54. The van der Waals surface area contributed by atoms with Gasteiger partial charge >= 0.3 is 6.85 Å². The Morgan fingerprint density at radius 2 is 1.17 bits per heavy atom. The van der Waals surface area contributed by atoms with E-state index in [9.17, 15) is 0 Å². The summed E-state index contributed by atoms with van der Waals surface area (Å²) in [5.74, 6) is 0. The fraction of sp³-hybridized carbons (Fsp3) is 0.429. The van der Waals surface area contributed by atoms with Gasteiger partial charge < -0.3 is 13.8 Å². The van der Waals surface area contributed by atoms with Gasteiger partial charge in [-0.05, 0) is 157 Å². The Bertz CT molecular complexity index is 3020. The van der Waals surface area contributed by atoms with E-state index in [1.807, 2.05) is 6.26 Å². The molecule has 2 aromatic heterocycles. The Morgan fingerprint density at radius 3 is 1.82 bits per heavy atom. The molecule has 0 saturated heterocycles. The van der Waals surface area contributed by atoms with E-state index < -0.39 is 0 Å². The molecule has 5 aromatic carbocycles. The third-order valence-electron chi connectivity index (χ3n) is 16.1. The maximum absolute atomic E-state index is 6.67. The van der Waals surface area contributed by atoms with Crippen molar-refractivity contribution < 1.29 is 4.42 Å². The Morgan fingerprint density at radius 1 is 0.567 bits per heavy atom. The molecular formula is C56H63BN2O. The van der Waals surface area contributed by atoms with Crippen LogP contribution in [0.2, 0.25) is 0 Å². The van der Waals surface area contributed by atoms with Crippen LogP contribution in [-0.2, 0) is 32.5 Å². The highest BCUT2D eigenvalue weighted by atomic mass is 16.3. The van der Waals surface area contributed by atoms with Crippen LogP contribution in [0.5, 0.6) is 0 Å². The molecule has 2 aliphatic heterocycles. The molecule has 0 unspecified atom stereocenters. The van der Waals surface area contributed by atoms with Gasteiger partial charge in [-0.3, -0.25) is 0 Å². The van der Waals surface area contributed by atoms with Crippen molar-refractivity contribution >= 4 is 67.6 Å². The fourth-order valence-corrected chi connectivity index (χ4v) is 12.0. The van der Waals surface area contributed by atoms with Crippen molar-refractivity contribution in [3.05, 3.63) is 112 Å². The molecule has 60 heavy (non-hydrogen) atoms. The van der Waals surface area contributed by atoms with E-state index >= 15 is 0 Å². The number of benzene rings is 5. The van der Waals surface area contributed by atoms with Crippen molar-refractivity contribution in [2.45, 2.75) is 155 Å². The molecule has 4 heterocycles. The lowest BCUT2D eigenvalue weighted by atomic mass is 9.44.